The molecule has 1 aromatic rings. The first kappa shape index (κ1) is 12.5. The number of rotatable bonds is 6. The molecule has 1 atom stereocenters. The largest absolute Gasteiger partial charge is 0.394 e. The molecule has 0 aliphatic carbocycles. The van der Waals surface area contributed by atoms with Gasteiger partial charge in [0.05, 0.1) is 24.9 Å². The van der Waals surface area contributed by atoms with Gasteiger partial charge in [-0.2, -0.15) is 5.10 Å². The van der Waals surface area contributed by atoms with E-state index in [2.05, 4.69) is 17.3 Å². The highest BCUT2D eigenvalue weighted by Gasteiger charge is 2.28. The zero-order valence-corrected chi connectivity index (χ0v) is 10.4. The van der Waals surface area contributed by atoms with Gasteiger partial charge in [0, 0.05) is 31.5 Å². The number of ether oxygens (including phenoxy) is 1. The quantitative estimate of drug-likeness (QED) is 0.760. The zero-order valence-electron chi connectivity index (χ0n) is 10.4. The Hall–Kier alpha value is -0.910. The van der Waals surface area contributed by atoms with Crippen molar-refractivity contribution in [2.45, 2.75) is 38.5 Å². The molecule has 1 unspecified atom stereocenters. The van der Waals surface area contributed by atoms with Gasteiger partial charge in [-0.1, -0.05) is 0 Å². The standard InChI is InChI=1S/C12H21N3O2/c1-12(3-2-6-17-12)10-13-7-11-8-14-15(9-11)4-5-16/h8-9,13,16H,2-7,10H2,1H3. The molecule has 1 aromatic heterocycles. The summed E-state index contributed by atoms with van der Waals surface area (Å²) in [6, 6.07) is 0. The highest BCUT2D eigenvalue weighted by molar-refractivity contribution is 5.03. The first-order valence-electron chi connectivity index (χ1n) is 6.19. The van der Waals surface area contributed by atoms with E-state index >= 15 is 0 Å². The van der Waals surface area contributed by atoms with Gasteiger partial charge in [-0.3, -0.25) is 4.68 Å². The van der Waals surface area contributed by atoms with Gasteiger partial charge in [0.1, 0.15) is 0 Å². The van der Waals surface area contributed by atoms with Gasteiger partial charge >= 0.3 is 0 Å². The molecule has 0 spiro atoms. The molecule has 0 saturated carbocycles. The van der Waals surface area contributed by atoms with E-state index in [1.54, 1.807) is 4.68 Å². The SMILES string of the molecule is CC1(CNCc2cnn(CCO)c2)CCCO1. The van der Waals surface area contributed by atoms with Crippen molar-refractivity contribution in [3.05, 3.63) is 18.0 Å². The Kier molecular flexibility index (Phi) is 4.15. The minimum Gasteiger partial charge on any atom is -0.394 e. The first-order valence-corrected chi connectivity index (χ1v) is 6.19. The predicted molar refractivity (Wildman–Crippen MR) is 64.6 cm³/mol. The zero-order chi connectivity index (χ0) is 12.1. The summed E-state index contributed by atoms with van der Waals surface area (Å²) in [7, 11) is 0. The number of aromatic nitrogens is 2. The van der Waals surface area contributed by atoms with Gasteiger partial charge in [0.15, 0.2) is 0 Å². The second kappa shape index (κ2) is 5.62. The van der Waals surface area contributed by atoms with Crippen LogP contribution in [-0.2, 0) is 17.8 Å². The number of nitrogens with one attached hydrogen (secondary N) is 1. The molecule has 1 aliphatic rings. The van der Waals surface area contributed by atoms with Crippen LogP contribution >= 0.6 is 0 Å². The summed E-state index contributed by atoms with van der Waals surface area (Å²) in [5.41, 5.74) is 1.14. The monoisotopic (exact) mass is 239 g/mol. The lowest BCUT2D eigenvalue weighted by atomic mass is 10.0. The molecule has 2 rings (SSSR count). The molecule has 5 nitrogen and oxygen atoms in total. The lowest BCUT2D eigenvalue weighted by Crippen LogP contribution is -2.36. The maximum atomic E-state index is 8.79. The lowest BCUT2D eigenvalue weighted by molar-refractivity contribution is 0.0207. The van der Waals surface area contributed by atoms with Crippen molar-refractivity contribution in [3.63, 3.8) is 0 Å². The second-order valence-electron chi connectivity index (χ2n) is 4.84. The van der Waals surface area contributed by atoms with Crippen LogP contribution in [0.4, 0.5) is 0 Å². The molecule has 2 heterocycles. The van der Waals surface area contributed by atoms with Crippen molar-refractivity contribution in [2.75, 3.05) is 19.8 Å². The minimum absolute atomic E-state index is 0.00108. The lowest BCUT2D eigenvalue weighted by Gasteiger charge is -2.23. The summed E-state index contributed by atoms with van der Waals surface area (Å²) in [5, 5.41) is 16.3. The first-order chi connectivity index (χ1) is 8.22. The number of hydrogen-bond donors (Lipinski definition) is 2. The molecule has 1 fully saturated rings. The molecule has 1 saturated heterocycles. The van der Waals surface area contributed by atoms with Crippen molar-refractivity contribution in [2.24, 2.45) is 0 Å². The third-order valence-corrected chi connectivity index (χ3v) is 3.14. The van der Waals surface area contributed by atoms with Gasteiger partial charge < -0.3 is 15.2 Å². The van der Waals surface area contributed by atoms with E-state index in [1.807, 2.05) is 12.4 Å². The summed E-state index contributed by atoms with van der Waals surface area (Å²) in [6.45, 7) is 5.39. The van der Waals surface area contributed by atoms with E-state index in [9.17, 15) is 0 Å². The summed E-state index contributed by atoms with van der Waals surface area (Å²) >= 11 is 0. The van der Waals surface area contributed by atoms with Gasteiger partial charge in [-0.15, -0.1) is 0 Å². The normalized spacial score (nSPS) is 24.4. The smallest absolute Gasteiger partial charge is 0.0779 e. The minimum atomic E-state index is 0.00108. The molecule has 1 aliphatic heterocycles. The molecule has 96 valence electrons. The van der Waals surface area contributed by atoms with Crippen molar-refractivity contribution in [3.8, 4) is 0 Å². The Balaban J connectivity index is 1.73. The molecule has 17 heavy (non-hydrogen) atoms. The van der Waals surface area contributed by atoms with Gasteiger partial charge in [-0.05, 0) is 19.8 Å². The summed E-state index contributed by atoms with van der Waals surface area (Å²) in [5.74, 6) is 0. The van der Waals surface area contributed by atoms with E-state index < -0.39 is 0 Å². The summed E-state index contributed by atoms with van der Waals surface area (Å²) in [4.78, 5) is 0. The molecule has 2 N–H and O–H groups in total. The van der Waals surface area contributed by atoms with Crippen LogP contribution in [0.15, 0.2) is 12.4 Å². The third-order valence-electron chi connectivity index (χ3n) is 3.14. The Bertz CT molecular complexity index is 345. The predicted octanol–water partition coefficient (Wildman–Crippen LogP) is 0.534. The van der Waals surface area contributed by atoms with Crippen LogP contribution in [0.5, 0.6) is 0 Å². The van der Waals surface area contributed by atoms with E-state index in [1.165, 1.54) is 0 Å². The van der Waals surface area contributed by atoms with E-state index in [0.717, 1.165) is 38.1 Å². The molecular formula is C12H21N3O2. The summed E-state index contributed by atoms with van der Waals surface area (Å²) < 4.78 is 7.46. The maximum absolute atomic E-state index is 8.79. The van der Waals surface area contributed by atoms with Crippen LogP contribution in [0, 0.1) is 0 Å². The van der Waals surface area contributed by atoms with Gasteiger partial charge in [0.25, 0.3) is 0 Å². The Morgan fingerprint density at radius 1 is 1.65 bits per heavy atom. The van der Waals surface area contributed by atoms with Crippen molar-refractivity contribution in [1.29, 1.82) is 0 Å². The highest BCUT2D eigenvalue weighted by Crippen LogP contribution is 2.23. The van der Waals surface area contributed by atoms with Gasteiger partial charge in [-0.25, -0.2) is 0 Å². The fraction of sp³-hybridized carbons (Fsp3) is 0.750. The number of aliphatic hydroxyl groups excluding tert-OH is 1. The van der Waals surface area contributed by atoms with E-state index in [4.69, 9.17) is 9.84 Å². The van der Waals surface area contributed by atoms with E-state index in [-0.39, 0.29) is 12.2 Å². The molecular weight excluding hydrogens is 218 g/mol. The molecule has 0 radical (unpaired) electrons. The van der Waals surface area contributed by atoms with Crippen LogP contribution in [0.25, 0.3) is 0 Å². The average Bonchev–Trinajstić information content (AvgIpc) is 2.90. The van der Waals surface area contributed by atoms with Crippen molar-refractivity contribution in [1.82, 2.24) is 15.1 Å². The van der Waals surface area contributed by atoms with Crippen molar-refractivity contribution < 1.29 is 9.84 Å². The number of hydrogen-bond acceptors (Lipinski definition) is 4. The fourth-order valence-electron chi connectivity index (χ4n) is 2.17. The van der Waals surface area contributed by atoms with Crippen LogP contribution < -0.4 is 5.32 Å². The molecule has 0 amide bonds. The molecule has 5 heteroatoms. The Morgan fingerprint density at radius 2 is 2.53 bits per heavy atom. The number of nitrogens with zero attached hydrogens (tertiary/aromatic N) is 2. The third kappa shape index (κ3) is 3.52. The van der Waals surface area contributed by atoms with Crippen LogP contribution in [0.1, 0.15) is 25.3 Å². The molecule has 0 bridgehead atoms. The molecule has 0 aromatic carbocycles. The van der Waals surface area contributed by atoms with Crippen LogP contribution in [-0.4, -0.2) is 40.2 Å². The summed E-state index contributed by atoms with van der Waals surface area (Å²) in [6.07, 6.45) is 6.08. The van der Waals surface area contributed by atoms with Crippen LogP contribution in [0.2, 0.25) is 0 Å². The Labute approximate surface area is 102 Å². The second-order valence-corrected chi connectivity index (χ2v) is 4.84. The van der Waals surface area contributed by atoms with Crippen molar-refractivity contribution >= 4 is 0 Å². The Morgan fingerprint density at radius 3 is 3.24 bits per heavy atom. The van der Waals surface area contributed by atoms with Gasteiger partial charge in [0.2, 0.25) is 0 Å². The average molecular weight is 239 g/mol. The van der Waals surface area contributed by atoms with Crippen LogP contribution in [0.3, 0.4) is 0 Å². The maximum Gasteiger partial charge on any atom is 0.0779 e. The highest BCUT2D eigenvalue weighted by atomic mass is 16.5. The van der Waals surface area contributed by atoms with E-state index in [0.29, 0.717) is 6.54 Å². The topological polar surface area (TPSA) is 59.3 Å². The fourth-order valence-corrected chi connectivity index (χ4v) is 2.17. The number of aliphatic hydroxyl groups is 1.